The average molecular weight is 334 g/mol. The normalized spacial score (nSPS) is 14.8. The van der Waals surface area contributed by atoms with Crippen LogP contribution in [0.15, 0.2) is 24.3 Å². The third-order valence-electron chi connectivity index (χ3n) is 3.95. The fourth-order valence-electron chi connectivity index (χ4n) is 2.56. The lowest BCUT2D eigenvalue weighted by atomic mass is 9.95. The highest BCUT2D eigenvalue weighted by molar-refractivity contribution is 5.97. The molecule has 1 fully saturated rings. The molecular formula is C17H22N2O5. The highest BCUT2D eigenvalue weighted by atomic mass is 16.5. The molecule has 1 saturated heterocycles. The summed E-state index contributed by atoms with van der Waals surface area (Å²) in [5.41, 5.74) is 0.957. The van der Waals surface area contributed by atoms with Crippen molar-refractivity contribution in [1.82, 2.24) is 5.32 Å². The average Bonchev–Trinajstić information content (AvgIpc) is 2.59. The molecule has 7 nitrogen and oxygen atoms in total. The second-order valence-corrected chi connectivity index (χ2v) is 5.80. The largest absolute Gasteiger partial charge is 0.480 e. The van der Waals surface area contributed by atoms with Crippen LogP contribution in [0.25, 0.3) is 0 Å². The van der Waals surface area contributed by atoms with Crippen molar-refractivity contribution in [2.75, 3.05) is 25.1 Å². The Kier molecular flexibility index (Phi) is 6.74. The Morgan fingerprint density at radius 3 is 2.42 bits per heavy atom. The second-order valence-electron chi connectivity index (χ2n) is 5.80. The van der Waals surface area contributed by atoms with Crippen molar-refractivity contribution in [3.8, 4) is 0 Å². The number of carbonyl (C=O) groups is 3. The van der Waals surface area contributed by atoms with Gasteiger partial charge in [-0.1, -0.05) is 0 Å². The summed E-state index contributed by atoms with van der Waals surface area (Å²) in [5, 5.41) is 13.6. The van der Waals surface area contributed by atoms with Gasteiger partial charge in [0.15, 0.2) is 0 Å². The fraction of sp³-hybridized carbons (Fsp3) is 0.471. The van der Waals surface area contributed by atoms with Gasteiger partial charge in [-0.05, 0) is 49.4 Å². The maximum absolute atomic E-state index is 12.0. The van der Waals surface area contributed by atoms with Gasteiger partial charge in [-0.15, -0.1) is 0 Å². The highest BCUT2D eigenvalue weighted by Crippen LogP contribution is 2.20. The van der Waals surface area contributed by atoms with E-state index in [4.69, 9.17) is 9.84 Å². The molecule has 2 amide bonds. The summed E-state index contributed by atoms with van der Waals surface area (Å²) in [6.07, 6.45) is 3.33. The maximum atomic E-state index is 12.0. The van der Waals surface area contributed by atoms with Gasteiger partial charge in [0.1, 0.15) is 6.54 Å². The topological polar surface area (TPSA) is 105 Å². The number of benzene rings is 1. The number of hydrogen-bond acceptors (Lipinski definition) is 4. The summed E-state index contributed by atoms with van der Waals surface area (Å²) >= 11 is 0. The van der Waals surface area contributed by atoms with E-state index in [1.807, 2.05) is 0 Å². The van der Waals surface area contributed by atoms with Gasteiger partial charge in [0, 0.05) is 30.9 Å². The third kappa shape index (κ3) is 6.00. The van der Waals surface area contributed by atoms with Crippen molar-refractivity contribution in [3.05, 3.63) is 29.8 Å². The van der Waals surface area contributed by atoms with Crippen molar-refractivity contribution in [2.24, 2.45) is 5.92 Å². The summed E-state index contributed by atoms with van der Waals surface area (Å²) in [6.45, 7) is 1.12. The SMILES string of the molecule is O=C(O)CNC(=O)c1ccc(NC(=O)CCC2CCOCC2)cc1. The molecule has 0 bridgehead atoms. The number of aliphatic carboxylic acids is 1. The molecule has 0 radical (unpaired) electrons. The van der Waals surface area contributed by atoms with E-state index in [1.165, 1.54) is 0 Å². The van der Waals surface area contributed by atoms with Gasteiger partial charge < -0.3 is 20.5 Å². The van der Waals surface area contributed by atoms with Crippen molar-refractivity contribution >= 4 is 23.5 Å². The van der Waals surface area contributed by atoms with E-state index in [1.54, 1.807) is 24.3 Å². The van der Waals surface area contributed by atoms with Gasteiger partial charge in [0.2, 0.25) is 5.91 Å². The molecule has 1 aliphatic heterocycles. The van der Waals surface area contributed by atoms with Gasteiger partial charge in [0.25, 0.3) is 5.91 Å². The minimum atomic E-state index is -1.10. The first-order chi connectivity index (χ1) is 11.5. The Bertz CT molecular complexity index is 579. The molecule has 3 N–H and O–H groups in total. The van der Waals surface area contributed by atoms with E-state index in [0.29, 0.717) is 23.6 Å². The molecule has 0 atom stereocenters. The zero-order chi connectivity index (χ0) is 17.4. The first-order valence-corrected chi connectivity index (χ1v) is 8.02. The number of carbonyl (C=O) groups excluding carboxylic acids is 2. The predicted octanol–water partition coefficient (Wildman–Crippen LogP) is 1.65. The van der Waals surface area contributed by atoms with Crippen molar-refractivity contribution < 1.29 is 24.2 Å². The van der Waals surface area contributed by atoms with Crippen molar-refractivity contribution in [3.63, 3.8) is 0 Å². The van der Waals surface area contributed by atoms with Crippen molar-refractivity contribution in [2.45, 2.75) is 25.7 Å². The quantitative estimate of drug-likeness (QED) is 0.703. The van der Waals surface area contributed by atoms with Crippen LogP contribution < -0.4 is 10.6 Å². The number of rotatable bonds is 7. The molecule has 0 spiro atoms. The highest BCUT2D eigenvalue weighted by Gasteiger charge is 2.15. The molecule has 1 aliphatic rings. The van der Waals surface area contributed by atoms with Gasteiger partial charge in [0.05, 0.1) is 0 Å². The molecule has 0 unspecified atom stereocenters. The number of amides is 2. The standard InChI is InChI=1S/C17H22N2O5/c20-15(6-1-12-7-9-24-10-8-12)19-14-4-2-13(3-5-14)17(23)18-11-16(21)22/h2-5,12H,1,6-11H2,(H,18,23)(H,19,20)(H,21,22). The number of ether oxygens (including phenoxy) is 1. The van der Waals surface area contributed by atoms with Crippen LogP contribution in [0.4, 0.5) is 5.69 Å². The molecule has 0 aromatic heterocycles. The van der Waals surface area contributed by atoms with E-state index < -0.39 is 18.4 Å². The first kappa shape index (κ1) is 17.9. The smallest absolute Gasteiger partial charge is 0.322 e. The lowest BCUT2D eigenvalue weighted by Crippen LogP contribution is -2.29. The van der Waals surface area contributed by atoms with Crippen LogP contribution in [0.1, 0.15) is 36.0 Å². The monoisotopic (exact) mass is 334 g/mol. The molecule has 2 rings (SSSR count). The van der Waals surface area contributed by atoms with Crippen LogP contribution in [0, 0.1) is 5.92 Å². The lowest BCUT2D eigenvalue weighted by Gasteiger charge is -2.21. The van der Waals surface area contributed by atoms with E-state index in [9.17, 15) is 14.4 Å². The minimum Gasteiger partial charge on any atom is -0.480 e. The molecule has 7 heteroatoms. The number of hydrogen-bond donors (Lipinski definition) is 3. The molecule has 130 valence electrons. The van der Waals surface area contributed by atoms with E-state index in [0.717, 1.165) is 32.5 Å². The lowest BCUT2D eigenvalue weighted by molar-refractivity contribution is -0.135. The molecule has 1 aromatic carbocycles. The van der Waals surface area contributed by atoms with Crippen LogP contribution in [0.2, 0.25) is 0 Å². The molecule has 1 heterocycles. The first-order valence-electron chi connectivity index (χ1n) is 8.02. The Hall–Kier alpha value is -2.41. The minimum absolute atomic E-state index is 0.0513. The van der Waals surface area contributed by atoms with Crippen LogP contribution >= 0.6 is 0 Å². The van der Waals surface area contributed by atoms with Crippen LogP contribution in [0.3, 0.4) is 0 Å². The molecule has 1 aromatic rings. The van der Waals surface area contributed by atoms with E-state index in [2.05, 4.69) is 10.6 Å². The van der Waals surface area contributed by atoms with Gasteiger partial charge in [-0.2, -0.15) is 0 Å². The van der Waals surface area contributed by atoms with Gasteiger partial charge in [-0.25, -0.2) is 0 Å². The fourth-order valence-corrected chi connectivity index (χ4v) is 2.56. The number of carboxylic acids is 1. The summed E-state index contributed by atoms with van der Waals surface area (Å²) in [4.78, 5) is 34.1. The molecule has 24 heavy (non-hydrogen) atoms. The number of anilines is 1. The summed E-state index contributed by atoms with van der Waals surface area (Å²) in [6, 6.07) is 6.35. The van der Waals surface area contributed by atoms with E-state index >= 15 is 0 Å². The zero-order valence-corrected chi connectivity index (χ0v) is 13.4. The molecule has 0 aliphatic carbocycles. The van der Waals surface area contributed by atoms with Crippen LogP contribution in [-0.2, 0) is 14.3 Å². The van der Waals surface area contributed by atoms with Crippen LogP contribution in [-0.4, -0.2) is 42.6 Å². The summed E-state index contributed by atoms with van der Waals surface area (Å²) in [7, 11) is 0. The molecular weight excluding hydrogens is 312 g/mol. The van der Waals surface area contributed by atoms with Gasteiger partial charge >= 0.3 is 5.97 Å². The Morgan fingerprint density at radius 2 is 1.79 bits per heavy atom. The third-order valence-corrected chi connectivity index (χ3v) is 3.95. The zero-order valence-electron chi connectivity index (χ0n) is 13.4. The van der Waals surface area contributed by atoms with Gasteiger partial charge in [-0.3, -0.25) is 14.4 Å². The van der Waals surface area contributed by atoms with Crippen LogP contribution in [0.5, 0.6) is 0 Å². The summed E-state index contributed by atoms with van der Waals surface area (Å²) < 4.78 is 5.30. The predicted molar refractivity (Wildman–Crippen MR) is 87.8 cm³/mol. The summed E-state index contributed by atoms with van der Waals surface area (Å²) in [5.74, 6) is -1.07. The van der Waals surface area contributed by atoms with Crippen molar-refractivity contribution in [1.29, 1.82) is 0 Å². The molecule has 0 saturated carbocycles. The number of nitrogens with one attached hydrogen (secondary N) is 2. The second kappa shape index (κ2) is 9.02. The Balaban J connectivity index is 1.76. The Morgan fingerprint density at radius 1 is 1.12 bits per heavy atom. The Labute approximate surface area is 140 Å². The van der Waals surface area contributed by atoms with E-state index in [-0.39, 0.29) is 5.91 Å². The number of carboxylic acid groups (broad SMARTS) is 1. The maximum Gasteiger partial charge on any atom is 0.322 e.